The van der Waals surface area contributed by atoms with Gasteiger partial charge in [0.1, 0.15) is 10.2 Å². The van der Waals surface area contributed by atoms with Gasteiger partial charge >= 0.3 is 25.7 Å². The highest BCUT2D eigenvalue weighted by Crippen LogP contribution is 2.31. The van der Waals surface area contributed by atoms with Crippen LogP contribution in [0.5, 0.6) is 0 Å². The minimum Gasteiger partial charge on any atom is -0.432 e. The fourth-order valence-electron chi connectivity index (χ4n) is 6.00. The van der Waals surface area contributed by atoms with E-state index >= 15 is 0 Å². The third kappa shape index (κ3) is 11.0. The molecule has 0 unspecified atom stereocenters. The van der Waals surface area contributed by atoms with Crippen molar-refractivity contribution in [1.29, 1.82) is 0 Å². The molecule has 6 nitrogen and oxygen atoms in total. The Labute approximate surface area is 276 Å². The Morgan fingerprint density at radius 2 is 0.591 bits per heavy atom. The Morgan fingerprint density at radius 1 is 0.386 bits per heavy atom. The molecule has 0 aliphatic heterocycles. The summed E-state index contributed by atoms with van der Waals surface area (Å²) in [6, 6.07) is 31.4. The third-order valence-electron chi connectivity index (χ3n) is 7.20. The van der Waals surface area contributed by atoms with Crippen molar-refractivity contribution in [3.05, 3.63) is 91.0 Å². The van der Waals surface area contributed by atoms with Gasteiger partial charge in [-0.25, -0.2) is 0 Å². The Bertz CT molecular complexity index is 1170. The summed E-state index contributed by atoms with van der Waals surface area (Å²) in [5, 5.41) is 3.69. The first-order valence-electron chi connectivity index (χ1n) is 15.4. The third-order valence-corrected chi connectivity index (χ3v) is 28.8. The van der Waals surface area contributed by atoms with Crippen LogP contribution in [0.1, 0.15) is 0 Å². The van der Waals surface area contributed by atoms with E-state index in [2.05, 4.69) is 151 Å². The van der Waals surface area contributed by atoms with Gasteiger partial charge in [-0.05, 0) is 94.1 Å². The van der Waals surface area contributed by atoms with Crippen molar-refractivity contribution >= 4 is 76.4 Å². The second-order valence-corrected chi connectivity index (χ2v) is 37.8. The van der Waals surface area contributed by atoms with Gasteiger partial charge in [-0.2, -0.15) is 0 Å². The molecule has 0 fully saturated rings. The van der Waals surface area contributed by atoms with Crippen LogP contribution in [-0.4, -0.2) is 66.5 Å². The van der Waals surface area contributed by atoms with E-state index in [4.69, 9.17) is 25.6 Å². The zero-order chi connectivity index (χ0) is 33.1. The molecular weight excluding hydrogens is 665 g/mol. The lowest BCUT2D eigenvalue weighted by atomic mass is 10.4. The zero-order valence-electron chi connectivity index (χ0n) is 29.1. The monoisotopic (exact) mass is 718 g/mol. The summed E-state index contributed by atoms with van der Waals surface area (Å²) in [6.07, 6.45) is 0. The van der Waals surface area contributed by atoms with Crippen molar-refractivity contribution in [2.45, 2.75) is 84.2 Å². The predicted octanol–water partition coefficient (Wildman–Crippen LogP) is 5.51. The Hall–Kier alpha value is -1.06. The molecular formula is C31H54O6Si7. The summed E-state index contributed by atoms with van der Waals surface area (Å²) in [4.78, 5) is 0. The first-order chi connectivity index (χ1) is 20.1. The van der Waals surface area contributed by atoms with E-state index in [0.717, 1.165) is 0 Å². The summed E-state index contributed by atoms with van der Waals surface area (Å²) in [7, 11) is -14.8. The highest BCUT2D eigenvalue weighted by atomic mass is 28.4. The maximum atomic E-state index is 7.00. The molecule has 0 N–H and O–H groups in total. The molecule has 0 saturated carbocycles. The lowest BCUT2D eigenvalue weighted by Gasteiger charge is -2.47. The van der Waals surface area contributed by atoms with Crippen LogP contribution in [0.15, 0.2) is 91.0 Å². The molecule has 3 rings (SSSR count). The van der Waals surface area contributed by atoms with Crippen molar-refractivity contribution < 1.29 is 25.6 Å². The summed E-state index contributed by atoms with van der Waals surface area (Å²) in [5.41, 5.74) is -1.29. The van der Waals surface area contributed by atoms with E-state index < -0.39 is 56.2 Å². The summed E-state index contributed by atoms with van der Waals surface area (Å²) in [6.45, 7) is 25.9. The van der Waals surface area contributed by atoms with E-state index in [1.165, 1.54) is 15.6 Å². The van der Waals surface area contributed by atoms with Crippen LogP contribution in [-0.2, 0) is 25.6 Å². The minimum atomic E-state index is -2.80. The lowest BCUT2D eigenvalue weighted by molar-refractivity contribution is -0.218. The molecule has 0 aromatic heterocycles. The van der Waals surface area contributed by atoms with Crippen LogP contribution in [0.25, 0.3) is 0 Å². The molecule has 0 atom stereocenters. The molecule has 0 aliphatic rings. The van der Waals surface area contributed by atoms with Gasteiger partial charge in [0.05, 0.1) is 0 Å². The number of hydrogen-bond donors (Lipinski definition) is 0. The van der Waals surface area contributed by atoms with Crippen molar-refractivity contribution in [3.63, 3.8) is 0 Å². The van der Waals surface area contributed by atoms with Gasteiger partial charge < -0.3 is 25.6 Å². The fourth-order valence-corrected chi connectivity index (χ4v) is 33.3. The van der Waals surface area contributed by atoms with Gasteiger partial charge in [-0.1, -0.05) is 91.0 Å². The molecule has 0 aliphatic carbocycles. The second-order valence-electron chi connectivity index (χ2n) is 14.3. The lowest BCUT2D eigenvalue weighted by Crippen LogP contribution is -2.65. The summed E-state index contributed by atoms with van der Waals surface area (Å²) >= 11 is 0. The van der Waals surface area contributed by atoms with Crippen LogP contribution >= 0.6 is 0 Å². The van der Waals surface area contributed by atoms with Crippen LogP contribution in [0, 0.1) is 0 Å². The Kier molecular flexibility index (Phi) is 11.9. The average Bonchev–Trinajstić information content (AvgIpc) is 2.87. The van der Waals surface area contributed by atoms with E-state index in [1.54, 1.807) is 0 Å². The zero-order valence-corrected chi connectivity index (χ0v) is 37.1. The number of hydrogen-bond acceptors (Lipinski definition) is 6. The maximum absolute atomic E-state index is 7.00. The molecule has 0 heterocycles. The molecule has 0 spiro atoms. The van der Waals surface area contributed by atoms with Gasteiger partial charge in [0.15, 0.2) is 0 Å². The number of rotatable bonds is 15. The van der Waals surface area contributed by atoms with Gasteiger partial charge in [-0.3, -0.25) is 0 Å². The predicted molar refractivity (Wildman–Crippen MR) is 202 cm³/mol. The van der Waals surface area contributed by atoms with Gasteiger partial charge in [-0.15, -0.1) is 0 Å². The molecule has 44 heavy (non-hydrogen) atoms. The fraction of sp³-hybridized carbons (Fsp3) is 0.419. The van der Waals surface area contributed by atoms with Crippen molar-refractivity contribution in [2.24, 2.45) is 0 Å². The number of benzene rings is 3. The maximum Gasteiger partial charge on any atom is 0.325 e. The minimum absolute atomic E-state index is 0.439. The molecule has 3 aromatic rings. The van der Waals surface area contributed by atoms with E-state index in [0.29, 0.717) is 10.2 Å². The first-order valence-corrected chi connectivity index (χ1v) is 33.6. The SMILES string of the molecule is C[Si](C)(OC([SiH3])(O[Si](C)(C)O[Si](C)(C)c1ccccc1)O[Si](C)(C)O[Si](C)(C)c1ccccc1)O[Si](C)(C)c1ccccc1. The summed E-state index contributed by atoms with van der Waals surface area (Å²) < 4.78 is 41.9. The topological polar surface area (TPSA) is 55.4 Å². The smallest absolute Gasteiger partial charge is 0.325 e. The van der Waals surface area contributed by atoms with Crippen LogP contribution < -0.4 is 15.6 Å². The van der Waals surface area contributed by atoms with Crippen molar-refractivity contribution in [2.75, 3.05) is 0 Å². The van der Waals surface area contributed by atoms with E-state index in [9.17, 15) is 0 Å². The quantitative estimate of drug-likeness (QED) is 0.153. The highest BCUT2D eigenvalue weighted by Gasteiger charge is 2.51. The molecule has 13 heteroatoms. The molecule has 0 bridgehead atoms. The van der Waals surface area contributed by atoms with Gasteiger partial charge in [0.25, 0.3) is 0 Å². The second kappa shape index (κ2) is 14.0. The van der Waals surface area contributed by atoms with Crippen LogP contribution in [0.4, 0.5) is 0 Å². The van der Waals surface area contributed by atoms with Crippen LogP contribution in [0.3, 0.4) is 0 Å². The van der Waals surface area contributed by atoms with E-state index in [1.807, 2.05) is 18.2 Å². The molecule has 0 amide bonds. The largest absolute Gasteiger partial charge is 0.432 e. The Morgan fingerprint density at radius 3 is 0.795 bits per heavy atom. The Balaban J connectivity index is 1.93. The standard InChI is InChI=1S/C31H54O6Si7/c1-39(2,28-22-16-13-17-23-28)35-42(7,8)32-31(38,33-43(9,10)36-40(3,4)29-24-18-14-19-25-29)34-44(11,12)37-41(5,6)30-26-20-15-21-27-30/h13-27H,1-12,38H3. The van der Waals surface area contributed by atoms with Crippen molar-refractivity contribution in [1.82, 2.24) is 0 Å². The normalized spacial score (nSPS) is 14.2. The van der Waals surface area contributed by atoms with E-state index in [-0.39, 0.29) is 0 Å². The van der Waals surface area contributed by atoms with Crippen LogP contribution in [0.2, 0.25) is 78.6 Å². The molecule has 242 valence electrons. The van der Waals surface area contributed by atoms with Gasteiger partial charge in [0, 0.05) is 0 Å². The molecule has 0 radical (unpaired) electrons. The first kappa shape index (κ1) is 37.4. The highest BCUT2D eigenvalue weighted by molar-refractivity contribution is 6.92. The van der Waals surface area contributed by atoms with Gasteiger partial charge in [0.2, 0.25) is 30.5 Å². The average molecular weight is 719 g/mol. The molecule has 3 aromatic carbocycles. The summed E-state index contributed by atoms with van der Waals surface area (Å²) in [5.74, 6) is 0. The molecule has 0 saturated heterocycles. The van der Waals surface area contributed by atoms with Crippen molar-refractivity contribution in [3.8, 4) is 0 Å².